The number of benzene rings is 1. The van der Waals surface area contributed by atoms with Gasteiger partial charge in [-0.25, -0.2) is 9.37 Å². The zero-order valence-corrected chi connectivity index (χ0v) is 15.2. The van der Waals surface area contributed by atoms with Crippen LogP contribution in [0, 0.1) is 5.82 Å². The molecule has 7 nitrogen and oxygen atoms in total. The molecule has 0 unspecified atom stereocenters. The van der Waals surface area contributed by atoms with E-state index >= 15 is 0 Å². The van der Waals surface area contributed by atoms with Gasteiger partial charge in [0.25, 0.3) is 0 Å². The van der Waals surface area contributed by atoms with Gasteiger partial charge in [0.2, 0.25) is 0 Å². The fraction of sp³-hybridized carbons (Fsp3) is 0.263. The van der Waals surface area contributed by atoms with Crippen molar-refractivity contribution < 1.29 is 4.39 Å². The molecule has 27 heavy (non-hydrogen) atoms. The van der Waals surface area contributed by atoms with Gasteiger partial charge < -0.3 is 9.47 Å². The number of rotatable bonds is 6. The Morgan fingerprint density at radius 2 is 2.04 bits per heavy atom. The summed E-state index contributed by atoms with van der Waals surface area (Å²) >= 11 is 0. The van der Waals surface area contributed by atoms with Gasteiger partial charge in [0.05, 0.1) is 18.4 Å². The van der Waals surface area contributed by atoms with Gasteiger partial charge in [-0.05, 0) is 18.6 Å². The van der Waals surface area contributed by atoms with Crippen LogP contribution in [0.3, 0.4) is 0 Å². The third kappa shape index (κ3) is 3.25. The minimum Gasteiger partial charge on any atom is -0.352 e. The van der Waals surface area contributed by atoms with Gasteiger partial charge in [0.15, 0.2) is 11.5 Å². The van der Waals surface area contributed by atoms with Gasteiger partial charge in [-0.2, -0.15) is 9.61 Å². The third-order valence-electron chi connectivity index (χ3n) is 4.42. The predicted octanol–water partition coefficient (Wildman–Crippen LogP) is 3.17. The third-order valence-corrected chi connectivity index (χ3v) is 4.42. The highest BCUT2D eigenvalue weighted by atomic mass is 19.1. The lowest BCUT2D eigenvalue weighted by molar-refractivity contribution is 0.628. The molecule has 3 heterocycles. The summed E-state index contributed by atoms with van der Waals surface area (Å²) in [7, 11) is 1.95. The molecule has 4 rings (SSSR count). The van der Waals surface area contributed by atoms with Crippen LogP contribution in [0.2, 0.25) is 0 Å². The summed E-state index contributed by atoms with van der Waals surface area (Å²) in [5, 5.41) is 12.6. The topological polar surface area (TPSA) is 64.1 Å². The molecule has 0 aliphatic rings. The molecule has 138 valence electrons. The van der Waals surface area contributed by atoms with E-state index in [2.05, 4.69) is 27.2 Å². The summed E-state index contributed by atoms with van der Waals surface area (Å²) in [5.41, 5.74) is 1.69. The molecule has 0 aliphatic carbocycles. The first-order chi connectivity index (χ1) is 13.2. The van der Waals surface area contributed by atoms with Crippen molar-refractivity contribution in [1.82, 2.24) is 29.4 Å². The highest BCUT2D eigenvalue weighted by Crippen LogP contribution is 2.26. The van der Waals surface area contributed by atoms with Gasteiger partial charge in [0.1, 0.15) is 18.0 Å². The Labute approximate surface area is 156 Å². The fourth-order valence-corrected chi connectivity index (χ4v) is 3.10. The average molecular weight is 365 g/mol. The number of fused-ring (bicyclic) bond motifs is 1. The summed E-state index contributed by atoms with van der Waals surface area (Å²) in [6, 6.07) is 10.3. The molecule has 0 spiro atoms. The molecule has 0 amide bonds. The van der Waals surface area contributed by atoms with Crippen molar-refractivity contribution in [3.05, 3.63) is 60.6 Å². The molecular formula is C19H20FN7. The van der Waals surface area contributed by atoms with E-state index in [1.165, 1.54) is 6.07 Å². The lowest BCUT2D eigenvalue weighted by Crippen LogP contribution is -2.22. The fourth-order valence-electron chi connectivity index (χ4n) is 3.10. The number of halogens is 1. The molecule has 0 atom stereocenters. The van der Waals surface area contributed by atoms with Gasteiger partial charge in [0, 0.05) is 31.3 Å². The van der Waals surface area contributed by atoms with Crippen LogP contribution >= 0.6 is 0 Å². The van der Waals surface area contributed by atoms with E-state index in [9.17, 15) is 4.39 Å². The quantitative estimate of drug-likeness (QED) is 0.525. The lowest BCUT2D eigenvalue weighted by atomic mass is 10.1. The van der Waals surface area contributed by atoms with Crippen LogP contribution < -0.4 is 4.90 Å². The van der Waals surface area contributed by atoms with Gasteiger partial charge in [-0.1, -0.05) is 19.1 Å². The Bertz CT molecular complexity index is 1070. The van der Waals surface area contributed by atoms with Crippen molar-refractivity contribution in [2.24, 2.45) is 0 Å². The van der Waals surface area contributed by atoms with E-state index in [1.54, 1.807) is 41.3 Å². The van der Waals surface area contributed by atoms with E-state index in [-0.39, 0.29) is 5.82 Å². The number of aryl methyl sites for hydroxylation is 1. The highest BCUT2D eigenvalue weighted by Gasteiger charge is 2.16. The molecule has 4 aromatic rings. The van der Waals surface area contributed by atoms with Crippen molar-refractivity contribution in [2.75, 3.05) is 11.9 Å². The molecule has 3 aromatic heterocycles. The maximum absolute atomic E-state index is 14.3. The Morgan fingerprint density at radius 1 is 1.19 bits per heavy atom. The molecular weight excluding hydrogens is 345 g/mol. The molecule has 0 saturated heterocycles. The average Bonchev–Trinajstić information content (AvgIpc) is 3.31. The minimum atomic E-state index is -0.301. The normalized spacial score (nSPS) is 11.2. The Hall–Kier alpha value is -3.29. The zero-order valence-electron chi connectivity index (χ0n) is 15.2. The minimum absolute atomic E-state index is 0.301. The number of nitrogens with zero attached hydrogens (tertiary/aromatic N) is 7. The molecule has 0 saturated carbocycles. The van der Waals surface area contributed by atoms with Crippen molar-refractivity contribution in [3.8, 4) is 11.3 Å². The second kappa shape index (κ2) is 7.14. The molecule has 0 bridgehead atoms. The van der Waals surface area contributed by atoms with Crippen LogP contribution in [0.1, 0.15) is 19.2 Å². The largest absolute Gasteiger partial charge is 0.352 e. The van der Waals surface area contributed by atoms with Crippen LogP contribution in [0.4, 0.5) is 10.2 Å². The first-order valence-electron chi connectivity index (χ1n) is 8.85. The monoisotopic (exact) mass is 365 g/mol. The SMILES string of the molecule is CCCn1cnnc1CN(C)c1cc(-c2ccccc2F)nc2ccnn12. The number of hydrogen-bond donors (Lipinski definition) is 0. The van der Waals surface area contributed by atoms with E-state index < -0.39 is 0 Å². The van der Waals surface area contributed by atoms with E-state index in [4.69, 9.17) is 0 Å². The van der Waals surface area contributed by atoms with Crippen LogP contribution in [0.15, 0.2) is 48.9 Å². The molecule has 0 aliphatic heterocycles. The molecule has 1 aromatic carbocycles. The van der Waals surface area contributed by atoms with Crippen LogP contribution in [0.5, 0.6) is 0 Å². The van der Waals surface area contributed by atoms with Gasteiger partial charge in [-0.15, -0.1) is 10.2 Å². The Morgan fingerprint density at radius 3 is 2.85 bits per heavy atom. The van der Waals surface area contributed by atoms with Crippen LogP contribution in [-0.4, -0.2) is 36.4 Å². The van der Waals surface area contributed by atoms with Crippen molar-refractivity contribution in [3.63, 3.8) is 0 Å². The molecule has 0 radical (unpaired) electrons. The van der Waals surface area contributed by atoms with E-state index in [0.29, 0.717) is 23.4 Å². The summed E-state index contributed by atoms with van der Waals surface area (Å²) in [6.45, 7) is 3.53. The van der Waals surface area contributed by atoms with E-state index in [1.807, 2.05) is 22.6 Å². The Kier molecular flexibility index (Phi) is 4.53. The standard InChI is InChI=1S/C19H20FN7/c1-3-10-26-13-21-24-18(26)12-25(2)19-11-16(14-6-4-5-7-15(14)20)23-17-8-9-22-27(17)19/h4-9,11,13H,3,10,12H2,1-2H3. The maximum atomic E-state index is 14.3. The van der Waals surface area contributed by atoms with Crippen LogP contribution in [-0.2, 0) is 13.1 Å². The number of aromatic nitrogens is 6. The molecule has 8 heteroatoms. The second-order valence-corrected chi connectivity index (χ2v) is 6.38. The van der Waals surface area contributed by atoms with Crippen molar-refractivity contribution in [2.45, 2.75) is 26.4 Å². The van der Waals surface area contributed by atoms with E-state index in [0.717, 1.165) is 24.6 Å². The molecule has 0 fully saturated rings. The molecule has 0 N–H and O–H groups in total. The smallest absolute Gasteiger partial charge is 0.157 e. The second-order valence-electron chi connectivity index (χ2n) is 6.38. The van der Waals surface area contributed by atoms with Crippen molar-refractivity contribution >= 4 is 11.5 Å². The number of hydrogen-bond acceptors (Lipinski definition) is 5. The van der Waals surface area contributed by atoms with Crippen LogP contribution in [0.25, 0.3) is 16.9 Å². The summed E-state index contributed by atoms with van der Waals surface area (Å²) in [5.74, 6) is 1.36. The zero-order chi connectivity index (χ0) is 18.8. The first kappa shape index (κ1) is 17.1. The summed E-state index contributed by atoms with van der Waals surface area (Å²) < 4.78 is 18.1. The van der Waals surface area contributed by atoms with Crippen molar-refractivity contribution in [1.29, 1.82) is 0 Å². The summed E-state index contributed by atoms with van der Waals surface area (Å²) in [4.78, 5) is 6.57. The highest BCUT2D eigenvalue weighted by molar-refractivity contribution is 5.67. The van der Waals surface area contributed by atoms with Gasteiger partial charge >= 0.3 is 0 Å². The summed E-state index contributed by atoms with van der Waals surface area (Å²) in [6.07, 6.45) is 4.43. The number of anilines is 1. The first-order valence-corrected chi connectivity index (χ1v) is 8.85. The Balaban J connectivity index is 1.75. The lowest BCUT2D eigenvalue weighted by Gasteiger charge is -2.20. The van der Waals surface area contributed by atoms with Gasteiger partial charge in [-0.3, -0.25) is 0 Å². The predicted molar refractivity (Wildman–Crippen MR) is 101 cm³/mol. The maximum Gasteiger partial charge on any atom is 0.157 e.